The summed E-state index contributed by atoms with van der Waals surface area (Å²) in [6.07, 6.45) is 3.07. The largest absolute Gasteiger partial charge is 0.476 e. The van der Waals surface area contributed by atoms with Gasteiger partial charge in [0.1, 0.15) is 5.58 Å². The van der Waals surface area contributed by atoms with E-state index in [0.717, 1.165) is 5.39 Å². The molecule has 3 aromatic heterocycles. The van der Waals surface area contributed by atoms with Crippen molar-refractivity contribution in [1.82, 2.24) is 9.78 Å². The minimum Gasteiger partial charge on any atom is -0.476 e. The van der Waals surface area contributed by atoms with Gasteiger partial charge >= 0.3 is 5.97 Å². The molecule has 22 heavy (non-hydrogen) atoms. The molecular formula is C15H9ClN2O4. The predicted molar refractivity (Wildman–Crippen MR) is 80.2 cm³/mol. The molecule has 0 aliphatic heterocycles. The van der Waals surface area contributed by atoms with Crippen LogP contribution in [0.1, 0.15) is 10.5 Å². The van der Waals surface area contributed by atoms with Gasteiger partial charge in [0.15, 0.2) is 11.3 Å². The van der Waals surface area contributed by atoms with Crippen LogP contribution < -0.4 is 0 Å². The van der Waals surface area contributed by atoms with Crippen LogP contribution in [0.15, 0.2) is 39.6 Å². The topological polar surface area (TPSA) is 81.4 Å². The molecule has 0 spiro atoms. The molecule has 0 saturated heterocycles. The number of fused-ring (bicyclic) bond motifs is 2. The van der Waals surface area contributed by atoms with Crippen LogP contribution in [-0.4, -0.2) is 20.9 Å². The first kappa shape index (κ1) is 13.0. The van der Waals surface area contributed by atoms with E-state index in [1.165, 1.54) is 23.3 Å². The van der Waals surface area contributed by atoms with Gasteiger partial charge in [-0.1, -0.05) is 11.6 Å². The van der Waals surface area contributed by atoms with E-state index in [0.29, 0.717) is 32.8 Å². The first-order chi connectivity index (χ1) is 10.6. The van der Waals surface area contributed by atoms with E-state index in [1.54, 1.807) is 19.2 Å². The van der Waals surface area contributed by atoms with Crippen LogP contribution in [0.2, 0.25) is 5.02 Å². The lowest BCUT2D eigenvalue weighted by Crippen LogP contribution is -1.99. The van der Waals surface area contributed by atoms with E-state index < -0.39 is 5.97 Å². The zero-order valence-electron chi connectivity index (χ0n) is 11.3. The summed E-state index contributed by atoms with van der Waals surface area (Å²) in [5, 5.41) is 15.0. The van der Waals surface area contributed by atoms with Gasteiger partial charge in [-0.2, -0.15) is 5.10 Å². The monoisotopic (exact) mass is 316 g/mol. The average molecular weight is 317 g/mol. The van der Waals surface area contributed by atoms with Gasteiger partial charge in [0.05, 0.1) is 28.8 Å². The summed E-state index contributed by atoms with van der Waals surface area (Å²) < 4.78 is 12.5. The van der Waals surface area contributed by atoms with E-state index in [4.69, 9.17) is 25.5 Å². The lowest BCUT2D eigenvalue weighted by Gasteiger charge is -2.06. The number of rotatable bonds is 2. The summed E-state index contributed by atoms with van der Waals surface area (Å²) in [4.78, 5) is 11.1. The maximum Gasteiger partial charge on any atom is 0.356 e. The number of halogens is 1. The summed E-state index contributed by atoms with van der Waals surface area (Å²) in [5.74, 6) is -1.09. The van der Waals surface area contributed by atoms with E-state index >= 15 is 0 Å². The quantitative estimate of drug-likeness (QED) is 0.606. The highest BCUT2D eigenvalue weighted by Gasteiger charge is 2.22. The molecular weight excluding hydrogens is 308 g/mol. The Hall–Kier alpha value is -2.73. The van der Waals surface area contributed by atoms with Crippen molar-refractivity contribution in [2.24, 2.45) is 7.05 Å². The van der Waals surface area contributed by atoms with Gasteiger partial charge in [0.25, 0.3) is 0 Å². The average Bonchev–Trinajstić information content (AvgIpc) is 3.19. The van der Waals surface area contributed by atoms with Gasteiger partial charge in [-0.3, -0.25) is 4.68 Å². The normalized spacial score (nSPS) is 11.5. The van der Waals surface area contributed by atoms with Gasteiger partial charge in [0, 0.05) is 17.8 Å². The molecule has 0 amide bonds. The Labute approximate surface area is 128 Å². The minimum absolute atomic E-state index is 0.0381. The molecule has 0 radical (unpaired) electrons. The van der Waals surface area contributed by atoms with Crippen molar-refractivity contribution in [1.29, 1.82) is 0 Å². The summed E-state index contributed by atoms with van der Waals surface area (Å²) >= 11 is 6.34. The van der Waals surface area contributed by atoms with Crippen molar-refractivity contribution in [3.63, 3.8) is 0 Å². The van der Waals surface area contributed by atoms with Gasteiger partial charge in [-0.05, 0) is 18.2 Å². The third-order valence-electron chi connectivity index (χ3n) is 3.62. The number of benzene rings is 1. The van der Waals surface area contributed by atoms with E-state index in [-0.39, 0.29) is 5.69 Å². The number of carbonyl (C=O) groups is 1. The van der Waals surface area contributed by atoms with Crippen molar-refractivity contribution in [2.75, 3.05) is 0 Å². The van der Waals surface area contributed by atoms with Crippen LogP contribution in [0.5, 0.6) is 0 Å². The summed E-state index contributed by atoms with van der Waals surface area (Å²) in [6, 6.07) is 5.02. The number of hydrogen-bond donors (Lipinski definition) is 1. The number of furan rings is 2. The molecule has 0 aliphatic carbocycles. The van der Waals surface area contributed by atoms with E-state index in [1.807, 2.05) is 0 Å². The molecule has 0 fully saturated rings. The zero-order valence-corrected chi connectivity index (χ0v) is 12.1. The maximum atomic E-state index is 11.1. The standard InChI is InChI=1S/C15H9ClN2O4/c1-18-10(6-9(17-18)15(19)20)11-7-2-4-22-14(7)12(16)8-3-5-21-13(8)11/h2-6H,1H3,(H,19,20). The molecule has 4 aromatic rings. The Morgan fingerprint density at radius 1 is 1.23 bits per heavy atom. The highest BCUT2D eigenvalue weighted by Crippen LogP contribution is 2.42. The maximum absolute atomic E-state index is 11.1. The summed E-state index contributed by atoms with van der Waals surface area (Å²) in [5.41, 5.74) is 2.38. The van der Waals surface area contributed by atoms with Crippen LogP contribution in [-0.2, 0) is 7.05 Å². The Morgan fingerprint density at radius 2 is 1.91 bits per heavy atom. The predicted octanol–water partition coefficient (Wildman–Crippen LogP) is 3.93. The second-order valence-corrected chi connectivity index (χ2v) is 5.24. The first-order valence-electron chi connectivity index (χ1n) is 6.41. The van der Waals surface area contributed by atoms with Gasteiger partial charge in [-0.15, -0.1) is 0 Å². The fourth-order valence-corrected chi connectivity index (χ4v) is 2.95. The number of aromatic carboxylic acids is 1. The molecule has 6 nitrogen and oxygen atoms in total. The van der Waals surface area contributed by atoms with Crippen molar-refractivity contribution < 1.29 is 18.7 Å². The molecule has 7 heteroatoms. The van der Waals surface area contributed by atoms with Crippen molar-refractivity contribution in [2.45, 2.75) is 0 Å². The van der Waals surface area contributed by atoms with Crippen LogP contribution >= 0.6 is 11.6 Å². The fourth-order valence-electron chi connectivity index (χ4n) is 2.66. The van der Waals surface area contributed by atoms with Crippen LogP contribution in [0, 0.1) is 0 Å². The summed E-state index contributed by atoms with van der Waals surface area (Å²) in [7, 11) is 1.68. The molecule has 110 valence electrons. The van der Waals surface area contributed by atoms with Crippen LogP contribution in [0.25, 0.3) is 33.2 Å². The number of aromatic nitrogens is 2. The van der Waals surface area contributed by atoms with Crippen LogP contribution in [0.3, 0.4) is 0 Å². The third-order valence-corrected chi connectivity index (χ3v) is 3.99. The van der Waals surface area contributed by atoms with E-state index in [9.17, 15) is 4.79 Å². The third kappa shape index (κ3) is 1.61. The van der Waals surface area contributed by atoms with Gasteiger partial charge in [0.2, 0.25) is 0 Å². The van der Waals surface area contributed by atoms with Gasteiger partial charge < -0.3 is 13.9 Å². The number of aryl methyl sites for hydroxylation is 1. The fraction of sp³-hybridized carbons (Fsp3) is 0.0667. The minimum atomic E-state index is -1.09. The molecule has 0 bridgehead atoms. The van der Waals surface area contributed by atoms with Gasteiger partial charge in [-0.25, -0.2) is 4.79 Å². The first-order valence-corrected chi connectivity index (χ1v) is 6.79. The van der Waals surface area contributed by atoms with Crippen LogP contribution in [0.4, 0.5) is 0 Å². The lowest BCUT2D eigenvalue weighted by molar-refractivity contribution is 0.0689. The molecule has 0 unspecified atom stereocenters. The molecule has 3 heterocycles. The smallest absolute Gasteiger partial charge is 0.356 e. The number of nitrogens with zero attached hydrogens (tertiary/aromatic N) is 2. The molecule has 1 N–H and O–H groups in total. The highest BCUT2D eigenvalue weighted by atomic mass is 35.5. The molecule has 0 atom stereocenters. The van der Waals surface area contributed by atoms with Crippen molar-refractivity contribution in [3.8, 4) is 11.3 Å². The lowest BCUT2D eigenvalue weighted by atomic mass is 10.0. The molecule has 1 aromatic carbocycles. The van der Waals surface area contributed by atoms with Crippen molar-refractivity contribution >= 4 is 39.5 Å². The SMILES string of the molecule is Cn1nc(C(=O)O)cc1-c1c2ccoc2c(Cl)c2ccoc12. The molecule has 0 aliphatic rings. The Balaban J connectivity index is 2.17. The number of carboxylic acid groups (broad SMARTS) is 1. The molecule has 0 saturated carbocycles. The second kappa shape index (κ2) is 4.38. The summed E-state index contributed by atoms with van der Waals surface area (Å²) in [6.45, 7) is 0. The van der Waals surface area contributed by atoms with E-state index in [2.05, 4.69) is 5.10 Å². The molecule has 4 rings (SSSR count). The number of carboxylic acids is 1. The number of hydrogen-bond acceptors (Lipinski definition) is 4. The zero-order chi connectivity index (χ0) is 15.4. The highest BCUT2D eigenvalue weighted by molar-refractivity contribution is 6.41. The second-order valence-electron chi connectivity index (χ2n) is 4.86. The Bertz CT molecular complexity index is 989. The Kier molecular flexibility index (Phi) is 2.58. The Morgan fingerprint density at radius 3 is 2.59 bits per heavy atom. The van der Waals surface area contributed by atoms with Crippen molar-refractivity contribution in [3.05, 3.63) is 41.4 Å².